The van der Waals surface area contributed by atoms with Gasteiger partial charge in [0.15, 0.2) is 0 Å². The van der Waals surface area contributed by atoms with Gasteiger partial charge in [-0.15, -0.1) is 11.8 Å². The van der Waals surface area contributed by atoms with Crippen molar-refractivity contribution in [2.45, 2.75) is 18.0 Å². The number of hydrogen-bond acceptors (Lipinski definition) is 4. The summed E-state index contributed by atoms with van der Waals surface area (Å²) in [5, 5.41) is 9.53. The van der Waals surface area contributed by atoms with Crippen LogP contribution in [0.4, 0.5) is 0 Å². The summed E-state index contributed by atoms with van der Waals surface area (Å²) in [5.41, 5.74) is 6.71. The van der Waals surface area contributed by atoms with Gasteiger partial charge in [0.2, 0.25) is 0 Å². The summed E-state index contributed by atoms with van der Waals surface area (Å²) in [4.78, 5) is 4.21. The van der Waals surface area contributed by atoms with Gasteiger partial charge in [0.05, 0.1) is 11.6 Å². The van der Waals surface area contributed by atoms with E-state index in [9.17, 15) is 0 Å². The third-order valence-electron chi connectivity index (χ3n) is 1.63. The first-order chi connectivity index (χ1) is 6.24. The van der Waals surface area contributed by atoms with Gasteiger partial charge in [-0.1, -0.05) is 6.07 Å². The molecule has 0 aliphatic heterocycles. The molecular weight excluding hydrogens is 184 g/mol. The number of aliphatic hydroxyl groups is 1. The van der Waals surface area contributed by atoms with Crippen LogP contribution < -0.4 is 5.73 Å². The third kappa shape index (κ3) is 3.34. The fourth-order valence-corrected chi connectivity index (χ4v) is 1.49. The van der Waals surface area contributed by atoms with Crippen LogP contribution in [0.15, 0.2) is 23.4 Å². The van der Waals surface area contributed by atoms with Gasteiger partial charge in [-0.2, -0.15) is 0 Å². The molecule has 1 unspecified atom stereocenters. The largest absolute Gasteiger partial charge is 0.396 e. The lowest BCUT2D eigenvalue weighted by molar-refractivity contribution is 0.322. The van der Waals surface area contributed by atoms with Gasteiger partial charge in [-0.25, -0.2) is 4.98 Å². The summed E-state index contributed by atoms with van der Waals surface area (Å²) < 4.78 is 0. The molecule has 0 aliphatic rings. The number of hydrogen-bond donors (Lipinski definition) is 2. The maximum Gasteiger partial charge on any atom is 0.0960 e. The fraction of sp³-hybridized carbons (Fsp3) is 0.444. The zero-order valence-electron chi connectivity index (χ0n) is 7.60. The van der Waals surface area contributed by atoms with Crippen molar-refractivity contribution >= 4 is 11.8 Å². The summed E-state index contributed by atoms with van der Waals surface area (Å²) in [6.07, 6.45) is 1.78. The smallest absolute Gasteiger partial charge is 0.0960 e. The molecule has 0 spiro atoms. The minimum atomic E-state index is 0.0318. The molecule has 0 saturated heterocycles. The molecule has 0 amide bonds. The Morgan fingerprint density at radius 3 is 2.85 bits per heavy atom. The molecule has 0 bridgehead atoms. The van der Waals surface area contributed by atoms with Gasteiger partial charge in [0, 0.05) is 18.0 Å². The van der Waals surface area contributed by atoms with Gasteiger partial charge in [0.1, 0.15) is 0 Å². The van der Waals surface area contributed by atoms with Crippen LogP contribution in [-0.4, -0.2) is 22.5 Å². The Bertz CT molecular complexity index is 248. The van der Waals surface area contributed by atoms with Crippen LogP contribution in [0.25, 0.3) is 0 Å². The van der Waals surface area contributed by atoms with Crippen LogP contribution in [0.5, 0.6) is 0 Å². The molecule has 1 aromatic heterocycles. The minimum absolute atomic E-state index is 0.0318. The first-order valence-corrected chi connectivity index (χ1v) is 5.18. The van der Waals surface area contributed by atoms with E-state index >= 15 is 0 Å². The second kappa shape index (κ2) is 5.21. The van der Waals surface area contributed by atoms with E-state index in [0.717, 1.165) is 10.6 Å². The highest BCUT2D eigenvalue weighted by Crippen LogP contribution is 2.16. The predicted molar refractivity (Wildman–Crippen MR) is 54.6 cm³/mol. The highest BCUT2D eigenvalue weighted by molar-refractivity contribution is 7.99. The van der Waals surface area contributed by atoms with Crippen molar-refractivity contribution in [1.82, 2.24) is 4.98 Å². The fourth-order valence-electron chi connectivity index (χ4n) is 0.897. The van der Waals surface area contributed by atoms with Crippen molar-refractivity contribution in [3.63, 3.8) is 0 Å². The molecule has 72 valence electrons. The Kier molecular flexibility index (Phi) is 4.21. The van der Waals surface area contributed by atoms with Crippen molar-refractivity contribution in [2.24, 2.45) is 5.73 Å². The van der Waals surface area contributed by atoms with E-state index in [0.29, 0.717) is 5.75 Å². The van der Waals surface area contributed by atoms with Gasteiger partial charge in [-0.3, -0.25) is 0 Å². The van der Waals surface area contributed by atoms with Gasteiger partial charge < -0.3 is 10.8 Å². The molecule has 0 radical (unpaired) electrons. The van der Waals surface area contributed by atoms with Crippen molar-refractivity contribution in [2.75, 3.05) is 12.4 Å². The molecule has 0 aromatic carbocycles. The topological polar surface area (TPSA) is 59.1 Å². The van der Waals surface area contributed by atoms with Crippen LogP contribution in [0.1, 0.15) is 18.5 Å². The number of rotatable bonds is 4. The van der Waals surface area contributed by atoms with E-state index in [1.54, 1.807) is 6.20 Å². The minimum Gasteiger partial charge on any atom is -0.396 e. The zero-order valence-corrected chi connectivity index (χ0v) is 8.42. The average Bonchev–Trinajstić information content (AvgIpc) is 2.15. The number of aliphatic hydroxyl groups excluding tert-OH is 1. The normalized spacial score (nSPS) is 12.8. The monoisotopic (exact) mass is 198 g/mol. The Morgan fingerprint density at radius 1 is 1.62 bits per heavy atom. The molecule has 3 N–H and O–H groups in total. The lowest BCUT2D eigenvalue weighted by atomic mass is 10.2. The number of nitrogens with two attached hydrogens (primary N) is 1. The first-order valence-electron chi connectivity index (χ1n) is 4.19. The van der Waals surface area contributed by atoms with E-state index < -0.39 is 0 Å². The number of nitrogens with zero attached hydrogens (tertiary/aromatic N) is 1. The second-order valence-corrected chi connectivity index (χ2v) is 3.91. The Hall–Kier alpha value is -0.580. The predicted octanol–water partition coefficient (Wildman–Crippen LogP) is 1.19. The quantitative estimate of drug-likeness (QED) is 0.713. The van der Waals surface area contributed by atoms with Crippen molar-refractivity contribution in [1.29, 1.82) is 0 Å². The van der Waals surface area contributed by atoms with Crippen LogP contribution >= 0.6 is 11.8 Å². The highest BCUT2D eigenvalue weighted by atomic mass is 32.2. The maximum absolute atomic E-state index is 8.60. The van der Waals surface area contributed by atoms with Crippen molar-refractivity contribution in [3.05, 3.63) is 23.9 Å². The second-order valence-electron chi connectivity index (χ2n) is 2.79. The molecule has 13 heavy (non-hydrogen) atoms. The van der Waals surface area contributed by atoms with E-state index in [1.807, 2.05) is 19.1 Å². The van der Waals surface area contributed by atoms with Crippen LogP contribution in [0.2, 0.25) is 0 Å². The standard InChI is InChI=1S/C9H14N2OS/c1-7(10)8-2-3-9(11-6-8)13-5-4-12/h2-3,6-7,12H,4-5,10H2,1H3. The first kappa shape index (κ1) is 10.5. The van der Waals surface area contributed by atoms with Crippen LogP contribution in [0, 0.1) is 0 Å². The average molecular weight is 198 g/mol. The summed E-state index contributed by atoms with van der Waals surface area (Å²) in [6.45, 7) is 2.11. The Labute approximate surface area is 82.4 Å². The number of aromatic nitrogens is 1. The van der Waals surface area contributed by atoms with Crippen molar-refractivity contribution in [3.8, 4) is 0 Å². The van der Waals surface area contributed by atoms with E-state index in [4.69, 9.17) is 10.8 Å². The van der Waals surface area contributed by atoms with E-state index in [2.05, 4.69) is 4.98 Å². The molecule has 1 rings (SSSR count). The lowest BCUT2D eigenvalue weighted by Crippen LogP contribution is -2.05. The van der Waals surface area contributed by atoms with Crippen LogP contribution in [0.3, 0.4) is 0 Å². The number of thioether (sulfide) groups is 1. The molecule has 0 aliphatic carbocycles. The van der Waals surface area contributed by atoms with Gasteiger partial charge in [-0.05, 0) is 18.6 Å². The Morgan fingerprint density at radius 2 is 2.38 bits per heavy atom. The molecular formula is C9H14N2OS. The van der Waals surface area contributed by atoms with Gasteiger partial charge in [0.25, 0.3) is 0 Å². The van der Waals surface area contributed by atoms with Crippen molar-refractivity contribution < 1.29 is 5.11 Å². The zero-order chi connectivity index (χ0) is 9.68. The Balaban J connectivity index is 2.59. The van der Waals surface area contributed by atoms with E-state index in [1.165, 1.54) is 11.8 Å². The van der Waals surface area contributed by atoms with E-state index in [-0.39, 0.29) is 12.6 Å². The molecule has 3 nitrogen and oxygen atoms in total. The molecule has 0 fully saturated rings. The highest BCUT2D eigenvalue weighted by Gasteiger charge is 1.99. The lowest BCUT2D eigenvalue weighted by Gasteiger charge is -2.05. The molecule has 1 atom stereocenters. The molecule has 4 heteroatoms. The summed E-state index contributed by atoms with van der Waals surface area (Å²) in [7, 11) is 0. The maximum atomic E-state index is 8.60. The molecule has 0 saturated carbocycles. The summed E-state index contributed by atoms with van der Waals surface area (Å²) >= 11 is 1.54. The summed E-state index contributed by atoms with van der Waals surface area (Å²) in [6, 6.07) is 3.93. The van der Waals surface area contributed by atoms with Gasteiger partial charge >= 0.3 is 0 Å². The number of pyridine rings is 1. The third-order valence-corrected chi connectivity index (χ3v) is 2.55. The molecule has 1 aromatic rings. The summed E-state index contributed by atoms with van der Waals surface area (Å²) in [5.74, 6) is 0.685. The SMILES string of the molecule is CC(N)c1ccc(SCCO)nc1. The van der Waals surface area contributed by atoms with Crippen LogP contribution in [-0.2, 0) is 0 Å². The molecule has 1 heterocycles.